The molecule has 14 heteroatoms. The number of methoxy groups -OCH3 is 1. The number of benzene rings is 2. The van der Waals surface area contributed by atoms with Crippen LogP contribution in [-0.2, 0) is 32.6 Å². The van der Waals surface area contributed by atoms with Gasteiger partial charge in [0.05, 0.1) is 32.5 Å². The Morgan fingerprint density at radius 1 is 1.05 bits per heavy atom. The predicted molar refractivity (Wildman–Crippen MR) is 153 cm³/mol. The number of ether oxygens (including phenoxy) is 2. The van der Waals surface area contributed by atoms with Crippen LogP contribution in [0.5, 0.6) is 11.6 Å². The number of alkyl halides is 3. The molecule has 234 valence electrons. The number of esters is 1. The Balaban J connectivity index is 1.95. The van der Waals surface area contributed by atoms with Crippen molar-refractivity contribution < 1.29 is 40.0 Å². The molecule has 0 aliphatic rings. The normalized spacial score (nSPS) is 12.0. The summed E-state index contributed by atoms with van der Waals surface area (Å²) in [5, 5.41) is 0. The van der Waals surface area contributed by atoms with Gasteiger partial charge in [-0.05, 0) is 62.9 Å². The molecule has 10 nitrogen and oxygen atoms in total. The number of hydrogen-bond acceptors (Lipinski definition) is 10. The molecule has 0 amide bonds. The summed E-state index contributed by atoms with van der Waals surface area (Å²) in [4.78, 5) is 21.1. The molecule has 0 saturated carbocycles. The lowest BCUT2D eigenvalue weighted by molar-refractivity contribution is -0.157. The zero-order valence-corrected chi connectivity index (χ0v) is 25.6. The van der Waals surface area contributed by atoms with Gasteiger partial charge in [0, 0.05) is 18.5 Å². The SMILES string of the molecule is CCOC(=O)CN(Cc1ccc(Cc2c(C)nc(N)nc2OS(=O)(=O)c2c(C)cc(C)cc2C)c(OC)c1)CC(F)(F)F. The number of hydrogen-bond donors (Lipinski definition) is 1. The van der Waals surface area contributed by atoms with E-state index < -0.39 is 35.4 Å². The van der Waals surface area contributed by atoms with Crippen LogP contribution in [-0.4, -0.2) is 62.2 Å². The van der Waals surface area contributed by atoms with Crippen LogP contribution in [0.15, 0.2) is 35.2 Å². The highest BCUT2D eigenvalue weighted by atomic mass is 32.2. The number of aromatic nitrogens is 2. The number of nitrogen functional groups attached to an aromatic ring is 1. The van der Waals surface area contributed by atoms with E-state index in [-0.39, 0.29) is 36.3 Å². The van der Waals surface area contributed by atoms with Gasteiger partial charge in [-0.25, -0.2) is 4.98 Å². The molecule has 0 aliphatic carbocycles. The van der Waals surface area contributed by atoms with E-state index in [4.69, 9.17) is 19.4 Å². The molecule has 1 heterocycles. The molecule has 0 saturated heterocycles. The van der Waals surface area contributed by atoms with Crippen molar-refractivity contribution in [3.63, 3.8) is 0 Å². The highest BCUT2D eigenvalue weighted by Gasteiger charge is 2.32. The molecule has 0 fully saturated rings. The number of nitrogens with zero attached hydrogens (tertiary/aromatic N) is 3. The molecule has 0 aliphatic heterocycles. The Morgan fingerprint density at radius 2 is 1.70 bits per heavy atom. The van der Waals surface area contributed by atoms with E-state index in [1.807, 2.05) is 6.92 Å². The van der Waals surface area contributed by atoms with Crippen LogP contribution in [0.25, 0.3) is 0 Å². The Bertz CT molecular complexity index is 1570. The van der Waals surface area contributed by atoms with Crippen molar-refractivity contribution >= 4 is 22.0 Å². The molecular weight excluding hydrogens is 589 g/mol. The number of carbonyl (C=O) groups is 1. The van der Waals surface area contributed by atoms with Crippen molar-refractivity contribution in [2.75, 3.05) is 32.5 Å². The zero-order chi connectivity index (χ0) is 32.1. The van der Waals surface area contributed by atoms with Crippen LogP contribution < -0.4 is 14.7 Å². The Morgan fingerprint density at radius 3 is 2.28 bits per heavy atom. The van der Waals surface area contributed by atoms with Gasteiger partial charge in [0.15, 0.2) is 0 Å². The molecule has 1 aromatic heterocycles. The maximum absolute atomic E-state index is 13.4. The van der Waals surface area contributed by atoms with Gasteiger partial charge in [-0.3, -0.25) is 9.69 Å². The van der Waals surface area contributed by atoms with E-state index in [0.717, 1.165) is 10.5 Å². The van der Waals surface area contributed by atoms with Crippen LogP contribution in [0.2, 0.25) is 0 Å². The summed E-state index contributed by atoms with van der Waals surface area (Å²) in [5.41, 5.74) is 9.46. The van der Waals surface area contributed by atoms with Gasteiger partial charge in [-0.15, -0.1) is 0 Å². The molecule has 43 heavy (non-hydrogen) atoms. The molecule has 0 unspecified atom stereocenters. The molecule has 2 aromatic carbocycles. The molecule has 0 spiro atoms. The minimum atomic E-state index is -4.53. The van der Waals surface area contributed by atoms with Crippen LogP contribution in [0.4, 0.5) is 19.1 Å². The van der Waals surface area contributed by atoms with Gasteiger partial charge in [0.1, 0.15) is 10.6 Å². The first kappa shape index (κ1) is 33.6. The van der Waals surface area contributed by atoms with E-state index in [0.29, 0.717) is 39.3 Å². The average Bonchev–Trinajstić information content (AvgIpc) is 2.84. The lowest BCUT2D eigenvalue weighted by Crippen LogP contribution is -2.38. The summed E-state index contributed by atoms with van der Waals surface area (Å²) in [7, 11) is -2.92. The minimum absolute atomic E-state index is 0.0204. The van der Waals surface area contributed by atoms with E-state index in [2.05, 4.69) is 9.97 Å². The monoisotopic (exact) mass is 624 g/mol. The van der Waals surface area contributed by atoms with Crippen molar-refractivity contribution in [1.29, 1.82) is 0 Å². The summed E-state index contributed by atoms with van der Waals surface area (Å²) in [5.74, 6) is -0.887. The lowest BCUT2D eigenvalue weighted by atomic mass is 10.0. The highest BCUT2D eigenvalue weighted by molar-refractivity contribution is 7.87. The predicted octanol–water partition coefficient (Wildman–Crippen LogP) is 4.59. The fourth-order valence-electron chi connectivity index (χ4n) is 4.86. The maximum atomic E-state index is 13.4. The molecular formula is C29H35F3N4O6S. The first-order valence-corrected chi connectivity index (χ1v) is 14.7. The smallest absolute Gasteiger partial charge is 0.401 e. The van der Waals surface area contributed by atoms with E-state index in [1.54, 1.807) is 58.0 Å². The Labute approximate surface area is 249 Å². The first-order chi connectivity index (χ1) is 20.0. The number of halogens is 3. The van der Waals surface area contributed by atoms with Crippen molar-refractivity contribution in [3.05, 3.63) is 69.4 Å². The van der Waals surface area contributed by atoms with Crippen LogP contribution in [0.1, 0.15) is 46.0 Å². The number of nitrogens with two attached hydrogens (primary N) is 1. The topological polar surface area (TPSA) is 134 Å². The number of aryl methyl sites for hydroxylation is 4. The molecule has 3 rings (SSSR count). The van der Waals surface area contributed by atoms with Crippen molar-refractivity contribution in [1.82, 2.24) is 14.9 Å². The second-order valence-electron chi connectivity index (χ2n) is 10.1. The van der Waals surface area contributed by atoms with Gasteiger partial charge in [-0.1, -0.05) is 29.8 Å². The second kappa shape index (κ2) is 13.6. The first-order valence-electron chi connectivity index (χ1n) is 13.3. The Kier molecular flexibility index (Phi) is 10.6. The van der Waals surface area contributed by atoms with Gasteiger partial charge >= 0.3 is 22.3 Å². The summed E-state index contributed by atoms with van der Waals surface area (Å²) < 4.78 is 82.3. The van der Waals surface area contributed by atoms with Gasteiger partial charge in [0.2, 0.25) is 11.8 Å². The maximum Gasteiger partial charge on any atom is 0.401 e. The zero-order valence-electron chi connectivity index (χ0n) is 24.8. The quantitative estimate of drug-likeness (QED) is 0.225. The summed E-state index contributed by atoms with van der Waals surface area (Å²) in [6, 6.07) is 8.24. The lowest BCUT2D eigenvalue weighted by Gasteiger charge is -2.23. The number of anilines is 1. The molecule has 0 atom stereocenters. The third-order valence-electron chi connectivity index (χ3n) is 6.42. The standard InChI is InChI=1S/C29H35F3N4O6S/c1-7-41-25(37)15-36(16-29(30,31)32)14-21-8-9-22(24(12-21)40-6)13-23-20(5)34-28(33)35-27(23)42-43(38,39)26-18(3)10-17(2)11-19(26)4/h8-12H,7,13-16H2,1-6H3,(H2,33,34,35). The Hall–Kier alpha value is -3.91. The van der Waals surface area contributed by atoms with E-state index in [1.165, 1.54) is 7.11 Å². The van der Waals surface area contributed by atoms with Crippen LogP contribution >= 0.6 is 0 Å². The summed E-state index contributed by atoms with van der Waals surface area (Å²) in [6.45, 7) is 6.38. The fourth-order valence-corrected chi connectivity index (χ4v) is 6.20. The molecule has 0 bridgehead atoms. The molecule has 0 radical (unpaired) electrons. The van der Waals surface area contributed by atoms with Gasteiger partial charge < -0.3 is 19.4 Å². The molecule has 3 aromatic rings. The number of carbonyl (C=O) groups excluding carboxylic acids is 1. The van der Waals surface area contributed by atoms with E-state index >= 15 is 0 Å². The fraction of sp³-hybridized carbons (Fsp3) is 0.414. The van der Waals surface area contributed by atoms with Crippen molar-refractivity contribution in [2.24, 2.45) is 0 Å². The third kappa shape index (κ3) is 9.04. The largest absolute Gasteiger partial charge is 0.496 e. The van der Waals surface area contributed by atoms with Crippen molar-refractivity contribution in [2.45, 2.75) is 58.7 Å². The number of rotatable bonds is 12. The third-order valence-corrected chi connectivity index (χ3v) is 7.94. The average molecular weight is 625 g/mol. The van der Waals surface area contributed by atoms with E-state index in [9.17, 15) is 26.4 Å². The highest BCUT2D eigenvalue weighted by Crippen LogP contribution is 2.32. The summed E-state index contributed by atoms with van der Waals surface area (Å²) in [6.07, 6.45) is -4.48. The van der Waals surface area contributed by atoms with Gasteiger partial charge in [0.25, 0.3) is 0 Å². The minimum Gasteiger partial charge on any atom is -0.496 e. The van der Waals surface area contributed by atoms with Crippen molar-refractivity contribution in [3.8, 4) is 11.6 Å². The molecule has 2 N–H and O–H groups in total. The van der Waals surface area contributed by atoms with Gasteiger partial charge in [-0.2, -0.15) is 26.6 Å². The van der Waals surface area contributed by atoms with Crippen LogP contribution in [0, 0.1) is 27.7 Å². The summed E-state index contributed by atoms with van der Waals surface area (Å²) >= 11 is 0. The second-order valence-corrected chi connectivity index (χ2v) is 11.6. The van der Waals surface area contributed by atoms with Crippen LogP contribution in [0.3, 0.4) is 0 Å².